The molecule has 0 saturated heterocycles. The molecule has 5 atom stereocenters. The number of ether oxygens (including phenoxy) is 2. The Hall–Kier alpha value is -2.78. The standard InChI is InChI=1S/C15H24O2.C11H14.C10H14O/c1-6-12(4)13-7-9-14(10-8-13)17-15(16-5)11(2)3;1-8-7-10-5-3-4-6-11(10)9(8)2;1-3-8(2)9-4-6-10(11)7-5-9/h7-12,15H,6H2,1-5H3;3-6,8-9H,7H2,1-2H3;4-8,11H,3H2,1-2H3. The quantitative estimate of drug-likeness (QED) is 0.293. The average molecular weight is 533 g/mol. The zero-order chi connectivity index (χ0) is 28.9. The largest absolute Gasteiger partial charge is 0.508 e. The molecule has 39 heavy (non-hydrogen) atoms. The zero-order valence-corrected chi connectivity index (χ0v) is 25.8. The molecule has 0 spiro atoms. The Balaban J connectivity index is 0.000000213. The first kappa shape index (κ1) is 32.4. The van der Waals surface area contributed by atoms with E-state index in [0.717, 1.165) is 30.4 Å². The van der Waals surface area contributed by atoms with Crippen molar-refractivity contribution in [3.05, 3.63) is 95.1 Å². The molecular formula is C36H52O3. The van der Waals surface area contributed by atoms with Crippen LogP contribution in [0, 0.1) is 11.8 Å². The summed E-state index contributed by atoms with van der Waals surface area (Å²) in [7, 11) is 1.68. The summed E-state index contributed by atoms with van der Waals surface area (Å²) in [5.74, 6) is 4.37. The van der Waals surface area contributed by atoms with Crippen molar-refractivity contribution >= 4 is 0 Å². The number of benzene rings is 3. The second-order valence-corrected chi connectivity index (χ2v) is 11.4. The van der Waals surface area contributed by atoms with Gasteiger partial charge in [-0.2, -0.15) is 0 Å². The van der Waals surface area contributed by atoms with Gasteiger partial charge in [-0.05, 0) is 89.5 Å². The highest BCUT2D eigenvalue weighted by Gasteiger charge is 2.24. The summed E-state index contributed by atoms with van der Waals surface area (Å²) >= 11 is 0. The molecule has 0 fully saturated rings. The summed E-state index contributed by atoms with van der Waals surface area (Å²) < 4.78 is 11.1. The van der Waals surface area contributed by atoms with E-state index in [2.05, 4.69) is 91.8 Å². The minimum absolute atomic E-state index is 0.176. The maximum atomic E-state index is 9.01. The molecule has 3 heteroatoms. The zero-order valence-electron chi connectivity index (χ0n) is 25.8. The third-order valence-electron chi connectivity index (χ3n) is 8.11. The summed E-state index contributed by atoms with van der Waals surface area (Å²) in [6, 6.07) is 24.6. The van der Waals surface area contributed by atoms with Crippen LogP contribution in [0.3, 0.4) is 0 Å². The van der Waals surface area contributed by atoms with E-state index in [1.807, 2.05) is 24.3 Å². The third kappa shape index (κ3) is 10.0. The number of rotatable bonds is 8. The second kappa shape index (κ2) is 16.4. The summed E-state index contributed by atoms with van der Waals surface area (Å²) in [4.78, 5) is 0. The monoisotopic (exact) mass is 532 g/mol. The summed E-state index contributed by atoms with van der Waals surface area (Å²) in [6.45, 7) is 17.6. The van der Waals surface area contributed by atoms with Crippen LogP contribution >= 0.6 is 0 Å². The highest BCUT2D eigenvalue weighted by Crippen LogP contribution is 2.36. The minimum Gasteiger partial charge on any atom is -0.508 e. The molecule has 1 N–H and O–H groups in total. The van der Waals surface area contributed by atoms with E-state index in [-0.39, 0.29) is 6.29 Å². The molecule has 4 rings (SSSR count). The van der Waals surface area contributed by atoms with Gasteiger partial charge in [0.2, 0.25) is 6.29 Å². The Morgan fingerprint density at radius 3 is 1.74 bits per heavy atom. The first-order valence-electron chi connectivity index (χ1n) is 14.8. The Morgan fingerprint density at radius 1 is 0.769 bits per heavy atom. The van der Waals surface area contributed by atoms with Crippen LogP contribution in [0.5, 0.6) is 11.5 Å². The lowest BCUT2D eigenvalue weighted by molar-refractivity contribution is -0.0833. The molecule has 3 aromatic rings. The van der Waals surface area contributed by atoms with E-state index >= 15 is 0 Å². The highest BCUT2D eigenvalue weighted by molar-refractivity contribution is 5.35. The van der Waals surface area contributed by atoms with Gasteiger partial charge in [0.15, 0.2) is 0 Å². The lowest BCUT2D eigenvalue weighted by atomic mass is 9.97. The summed E-state index contributed by atoms with van der Waals surface area (Å²) in [6.07, 6.45) is 3.40. The van der Waals surface area contributed by atoms with Gasteiger partial charge in [-0.15, -0.1) is 0 Å². The van der Waals surface area contributed by atoms with Crippen LogP contribution < -0.4 is 4.74 Å². The van der Waals surface area contributed by atoms with Crippen molar-refractivity contribution in [3.63, 3.8) is 0 Å². The van der Waals surface area contributed by atoms with Gasteiger partial charge in [0, 0.05) is 13.0 Å². The Bertz CT molecular complexity index is 1070. The topological polar surface area (TPSA) is 38.7 Å². The van der Waals surface area contributed by atoms with Crippen molar-refractivity contribution in [2.24, 2.45) is 11.8 Å². The minimum atomic E-state index is -0.176. The molecule has 214 valence electrons. The molecule has 3 aromatic carbocycles. The molecule has 1 aliphatic carbocycles. The van der Waals surface area contributed by atoms with E-state index in [9.17, 15) is 0 Å². The van der Waals surface area contributed by atoms with Crippen molar-refractivity contribution in [1.82, 2.24) is 0 Å². The fourth-order valence-corrected chi connectivity index (χ4v) is 4.73. The van der Waals surface area contributed by atoms with Gasteiger partial charge in [0.25, 0.3) is 0 Å². The van der Waals surface area contributed by atoms with Crippen LogP contribution in [-0.4, -0.2) is 18.5 Å². The molecule has 0 radical (unpaired) electrons. The van der Waals surface area contributed by atoms with E-state index < -0.39 is 0 Å². The molecule has 0 amide bonds. The van der Waals surface area contributed by atoms with Gasteiger partial charge in [0.05, 0.1) is 0 Å². The van der Waals surface area contributed by atoms with Gasteiger partial charge >= 0.3 is 0 Å². The Kier molecular flexibility index (Phi) is 13.6. The maximum absolute atomic E-state index is 9.01. The SMILES string of the molecule is CC1Cc2ccccc2C1C.CCC(C)c1ccc(O)cc1.CCC(C)c1ccc(OC(OC)C(C)C)cc1. The maximum Gasteiger partial charge on any atom is 0.201 e. The summed E-state index contributed by atoms with van der Waals surface area (Å²) in [5, 5.41) is 9.01. The van der Waals surface area contributed by atoms with Crippen molar-refractivity contribution in [2.75, 3.05) is 7.11 Å². The molecule has 0 saturated carbocycles. The fourth-order valence-electron chi connectivity index (χ4n) is 4.73. The normalized spacial score (nSPS) is 18.1. The molecule has 0 aromatic heterocycles. The van der Waals surface area contributed by atoms with Crippen LogP contribution in [0.15, 0.2) is 72.8 Å². The van der Waals surface area contributed by atoms with E-state index in [1.54, 1.807) is 30.4 Å². The van der Waals surface area contributed by atoms with Crippen LogP contribution in [0.1, 0.15) is 108 Å². The number of hydrogen-bond donors (Lipinski definition) is 1. The molecule has 0 heterocycles. The van der Waals surface area contributed by atoms with Crippen LogP contribution in [0.25, 0.3) is 0 Å². The molecular weight excluding hydrogens is 480 g/mol. The summed E-state index contributed by atoms with van der Waals surface area (Å²) in [5.41, 5.74) is 5.79. The predicted molar refractivity (Wildman–Crippen MR) is 166 cm³/mol. The molecule has 3 nitrogen and oxygen atoms in total. The Morgan fingerprint density at radius 2 is 1.28 bits per heavy atom. The van der Waals surface area contributed by atoms with Gasteiger partial charge in [-0.3, -0.25) is 0 Å². The predicted octanol–water partition coefficient (Wildman–Crippen LogP) is 10.1. The first-order valence-corrected chi connectivity index (χ1v) is 14.8. The number of phenols is 1. The average Bonchev–Trinajstić information content (AvgIpc) is 3.25. The molecule has 0 aliphatic heterocycles. The van der Waals surface area contributed by atoms with Gasteiger partial charge < -0.3 is 14.6 Å². The molecule has 1 aliphatic rings. The fraction of sp³-hybridized carbons (Fsp3) is 0.500. The van der Waals surface area contributed by atoms with Crippen LogP contribution in [0.2, 0.25) is 0 Å². The molecule has 5 unspecified atom stereocenters. The van der Waals surface area contributed by atoms with Gasteiger partial charge in [0.1, 0.15) is 11.5 Å². The van der Waals surface area contributed by atoms with Crippen molar-refractivity contribution in [1.29, 1.82) is 0 Å². The number of fused-ring (bicyclic) bond motifs is 1. The van der Waals surface area contributed by atoms with Crippen molar-refractivity contribution < 1.29 is 14.6 Å². The first-order chi connectivity index (χ1) is 18.6. The van der Waals surface area contributed by atoms with Crippen molar-refractivity contribution in [3.8, 4) is 11.5 Å². The Labute approximate surface area is 238 Å². The number of aromatic hydroxyl groups is 1. The lowest BCUT2D eigenvalue weighted by Crippen LogP contribution is -2.24. The second-order valence-electron chi connectivity index (χ2n) is 11.4. The van der Waals surface area contributed by atoms with E-state index in [1.165, 1.54) is 17.5 Å². The smallest absolute Gasteiger partial charge is 0.201 e. The lowest BCUT2D eigenvalue weighted by Gasteiger charge is -2.21. The van der Waals surface area contributed by atoms with Crippen molar-refractivity contribution in [2.45, 2.75) is 98.7 Å². The number of hydrogen-bond acceptors (Lipinski definition) is 3. The van der Waals surface area contributed by atoms with E-state index in [0.29, 0.717) is 23.5 Å². The number of methoxy groups -OCH3 is 1. The van der Waals surface area contributed by atoms with Crippen LogP contribution in [0.4, 0.5) is 0 Å². The third-order valence-corrected chi connectivity index (χ3v) is 8.11. The molecule has 0 bridgehead atoms. The van der Waals surface area contributed by atoms with Crippen LogP contribution in [-0.2, 0) is 11.2 Å². The van der Waals surface area contributed by atoms with E-state index in [4.69, 9.17) is 14.6 Å². The number of phenolic OH excluding ortho intramolecular Hbond substituents is 1. The van der Waals surface area contributed by atoms with Gasteiger partial charge in [-0.25, -0.2) is 0 Å². The van der Waals surface area contributed by atoms with Gasteiger partial charge in [-0.1, -0.05) is 104 Å². The highest BCUT2D eigenvalue weighted by atomic mass is 16.7.